The molecule has 9 rings (SSSR count). The molecule has 2 aliphatic carbocycles. The highest BCUT2D eigenvalue weighted by molar-refractivity contribution is 6.13. The average Bonchev–Trinajstić information content (AvgIpc) is 3.30. The van der Waals surface area contributed by atoms with E-state index in [1.165, 1.54) is 60.7 Å². The quantitative estimate of drug-likeness (QED) is 0.202. The lowest BCUT2D eigenvalue weighted by Gasteiger charge is -2.40. The molecule has 1 aromatic heterocycles. The van der Waals surface area contributed by atoms with Gasteiger partial charge in [0.25, 0.3) is 0 Å². The maximum Gasteiger partial charge on any atom is 0.0788 e. The van der Waals surface area contributed by atoms with Crippen molar-refractivity contribution >= 4 is 21.7 Å². The molecule has 1 spiro atoms. The van der Waals surface area contributed by atoms with E-state index in [1.54, 1.807) is 0 Å². The second-order valence-electron chi connectivity index (χ2n) is 11.1. The van der Waals surface area contributed by atoms with E-state index in [9.17, 15) is 0 Å². The topological polar surface area (TPSA) is 12.9 Å². The molecule has 6 aromatic carbocycles. The molecule has 0 fully saturated rings. The fraction of sp³-hybridized carbons (Fsp3) is 0.0513. The first-order chi connectivity index (χ1) is 19.8. The summed E-state index contributed by atoms with van der Waals surface area (Å²) in [4.78, 5) is 5.23. The lowest BCUT2D eigenvalue weighted by atomic mass is 9.61. The summed E-state index contributed by atoms with van der Waals surface area (Å²) in [6.45, 7) is 0. The summed E-state index contributed by atoms with van der Waals surface area (Å²) in [5.41, 5.74) is 13.9. The van der Waals surface area contributed by atoms with E-state index in [0.717, 1.165) is 23.2 Å². The molecule has 0 unspecified atom stereocenters. The maximum atomic E-state index is 5.23. The van der Waals surface area contributed by atoms with Crippen LogP contribution in [0.1, 0.15) is 33.4 Å². The Bertz CT molecular complexity index is 2090. The van der Waals surface area contributed by atoms with Gasteiger partial charge in [0, 0.05) is 16.3 Å². The van der Waals surface area contributed by atoms with Crippen molar-refractivity contribution in [1.29, 1.82) is 0 Å². The minimum atomic E-state index is -0.358. The first kappa shape index (κ1) is 21.9. The van der Waals surface area contributed by atoms with Gasteiger partial charge in [-0.15, -0.1) is 0 Å². The standard InChI is InChI=1S/C39H25N/c1-2-12-25(13-3-1)38-32-23-31-28-16-6-10-20-35(28)39(36(31)24-30(32)29-17-7-11-21-37(29)40-38)33-18-8-4-14-26(33)22-27-15-5-9-19-34(27)39/h1-21,23-24H,22H2. The molecule has 1 nitrogen and oxygen atoms in total. The number of nitrogens with zero attached hydrogens (tertiary/aromatic N) is 1. The van der Waals surface area contributed by atoms with Gasteiger partial charge in [0.15, 0.2) is 0 Å². The van der Waals surface area contributed by atoms with Gasteiger partial charge in [-0.1, -0.05) is 121 Å². The van der Waals surface area contributed by atoms with Crippen LogP contribution < -0.4 is 0 Å². The van der Waals surface area contributed by atoms with E-state index < -0.39 is 0 Å². The Balaban J connectivity index is 1.50. The third kappa shape index (κ3) is 2.74. The summed E-state index contributed by atoms with van der Waals surface area (Å²) in [5.74, 6) is 0. The highest BCUT2D eigenvalue weighted by Gasteiger charge is 2.49. The van der Waals surface area contributed by atoms with E-state index in [0.29, 0.717) is 0 Å². The Morgan fingerprint density at radius 2 is 1.07 bits per heavy atom. The molecule has 0 saturated carbocycles. The van der Waals surface area contributed by atoms with Gasteiger partial charge in [-0.2, -0.15) is 0 Å². The van der Waals surface area contributed by atoms with Crippen molar-refractivity contribution in [2.24, 2.45) is 0 Å². The zero-order valence-electron chi connectivity index (χ0n) is 21.9. The first-order valence-electron chi connectivity index (χ1n) is 14.0. The summed E-state index contributed by atoms with van der Waals surface area (Å²) in [6.07, 6.45) is 0.962. The summed E-state index contributed by atoms with van der Waals surface area (Å²) in [6, 6.07) is 51.4. The smallest absolute Gasteiger partial charge is 0.0788 e. The molecule has 0 atom stereocenters. The average molecular weight is 508 g/mol. The van der Waals surface area contributed by atoms with Gasteiger partial charge in [-0.25, -0.2) is 4.98 Å². The zero-order chi connectivity index (χ0) is 26.3. The van der Waals surface area contributed by atoms with Crippen LogP contribution in [0.5, 0.6) is 0 Å². The van der Waals surface area contributed by atoms with Crippen LogP contribution in [-0.4, -0.2) is 4.98 Å². The second kappa shape index (κ2) is 8.00. The number of benzene rings is 6. The van der Waals surface area contributed by atoms with Crippen molar-refractivity contribution in [2.75, 3.05) is 0 Å². The van der Waals surface area contributed by atoms with Crippen LogP contribution in [0, 0.1) is 0 Å². The van der Waals surface area contributed by atoms with E-state index in [4.69, 9.17) is 4.98 Å². The fourth-order valence-electron chi connectivity index (χ4n) is 7.55. The fourth-order valence-corrected chi connectivity index (χ4v) is 7.55. The third-order valence-corrected chi connectivity index (χ3v) is 9.14. The minimum Gasteiger partial charge on any atom is -0.247 e. The third-order valence-electron chi connectivity index (χ3n) is 9.14. The monoisotopic (exact) mass is 507 g/mol. The van der Waals surface area contributed by atoms with Gasteiger partial charge in [-0.3, -0.25) is 0 Å². The van der Waals surface area contributed by atoms with Crippen LogP contribution in [0.2, 0.25) is 0 Å². The van der Waals surface area contributed by atoms with Gasteiger partial charge in [-0.05, 0) is 74.5 Å². The number of aromatic nitrogens is 1. The molecule has 0 radical (unpaired) electrons. The Morgan fingerprint density at radius 3 is 1.85 bits per heavy atom. The van der Waals surface area contributed by atoms with E-state index in [-0.39, 0.29) is 5.41 Å². The van der Waals surface area contributed by atoms with Crippen molar-refractivity contribution < 1.29 is 0 Å². The van der Waals surface area contributed by atoms with Crippen LogP contribution in [0.15, 0.2) is 140 Å². The number of hydrogen-bond donors (Lipinski definition) is 0. The predicted octanol–water partition coefficient (Wildman–Crippen LogP) is 9.32. The van der Waals surface area contributed by atoms with Crippen molar-refractivity contribution in [3.8, 4) is 22.4 Å². The summed E-state index contributed by atoms with van der Waals surface area (Å²) >= 11 is 0. The number of fused-ring (bicyclic) bond motifs is 12. The highest BCUT2D eigenvalue weighted by atomic mass is 14.7. The summed E-state index contributed by atoms with van der Waals surface area (Å²) in [7, 11) is 0. The van der Waals surface area contributed by atoms with E-state index in [1.807, 2.05) is 0 Å². The van der Waals surface area contributed by atoms with Crippen LogP contribution in [0.25, 0.3) is 44.1 Å². The Morgan fingerprint density at radius 1 is 0.450 bits per heavy atom. The maximum absolute atomic E-state index is 5.23. The van der Waals surface area contributed by atoms with Gasteiger partial charge in [0.05, 0.1) is 16.6 Å². The van der Waals surface area contributed by atoms with Crippen molar-refractivity contribution in [3.05, 3.63) is 173 Å². The van der Waals surface area contributed by atoms with E-state index >= 15 is 0 Å². The largest absolute Gasteiger partial charge is 0.247 e. The Kier molecular flexibility index (Phi) is 4.38. The van der Waals surface area contributed by atoms with Crippen LogP contribution in [0.3, 0.4) is 0 Å². The number of pyridine rings is 1. The van der Waals surface area contributed by atoms with Gasteiger partial charge >= 0.3 is 0 Å². The Hall–Kier alpha value is -5.01. The van der Waals surface area contributed by atoms with E-state index in [2.05, 4.69) is 140 Å². The molecular formula is C39H25N. The van der Waals surface area contributed by atoms with Crippen LogP contribution in [0.4, 0.5) is 0 Å². The molecule has 0 aliphatic heterocycles. The van der Waals surface area contributed by atoms with Gasteiger partial charge < -0.3 is 0 Å². The zero-order valence-corrected chi connectivity index (χ0v) is 21.9. The first-order valence-corrected chi connectivity index (χ1v) is 14.0. The molecule has 0 amide bonds. The normalized spacial score (nSPS) is 14.1. The minimum absolute atomic E-state index is 0.358. The van der Waals surface area contributed by atoms with Gasteiger partial charge in [0.2, 0.25) is 0 Å². The lowest BCUT2D eigenvalue weighted by molar-refractivity contribution is 0.723. The molecule has 0 bridgehead atoms. The molecule has 0 saturated heterocycles. The van der Waals surface area contributed by atoms with Crippen molar-refractivity contribution in [1.82, 2.24) is 4.98 Å². The summed E-state index contributed by atoms with van der Waals surface area (Å²) in [5, 5.41) is 3.66. The van der Waals surface area contributed by atoms with Gasteiger partial charge in [0.1, 0.15) is 0 Å². The molecule has 7 aromatic rings. The van der Waals surface area contributed by atoms with Crippen molar-refractivity contribution in [3.63, 3.8) is 0 Å². The number of para-hydroxylation sites is 1. The summed E-state index contributed by atoms with van der Waals surface area (Å²) < 4.78 is 0. The van der Waals surface area contributed by atoms with Crippen molar-refractivity contribution in [2.45, 2.75) is 11.8 Å². The predicted molar refractivity (Wildman–Crippen MR) is 165 cm³/mol. The molecule has 186 valence electrons. The SMILES string of the molecule is c1ccc(-c2nc3ccccc3c3cc4c(cc23)-c2ccccc2C42c3ccccc3Cc3ccccc32)cc1. The molecule has 1 heterocycles. The Labute approximate surface area is 233 Å². The number of hydrogen-bond acceptors (Lipinski definition) is 1. The molecule has 0 N–H and O–H groups in total. The van der Waals surface area contributed by atoms with Crippen LogP contribution in [-0.2, 0) is 11.8 Å². The molecule has 40 heavy (non-hydrogen) atoms. The number of rotatable bonds is 1. The molecule has 1 heteroatoms. The second-order valence-corrected chi connectivity index (χ2v) is 11.1. The lowest BCUT2D eigenvalue weighted by Crippen LogP contribution is -2.34. The molecule has 2 aliphatic rings. The van der Waals surface area contributed by atoms with Crippen LogP contribution >= 0.6 is 0 Å². The highest BCUT2D eigenvalue weighted by Crippen LogP contribution is 2.60. The molecular weight excluding hydrogens is 482 g/mol.